The zero-order valence-electron chi connectivity index (χ0n) is 15.4. The van der Waals surface area contributed by atoms with Crippen molar-refractivity contribution in [3.05, 3.63) is 23.3 Å². The standard InChI is InChI=1S/C18H26N4O3/c1-11-12(2)19-10-20-16(11)18(24)22-6-5-15-13(8-22)7-14(9-25-15)17(23)21(3)4/h10,13-15H,5-9H2,1-4H3/t13-,14-,15+/m0/s1. The van der Waals surface area contributed by atoms with Crippen molar-refractivity contribution in [1.29, 1.82) is 0 Å². The second kappa shape index (κ2) is 7.07. The lowest BCUT2D eigenvalue weighted by molar-refractivity contribution is -0.145. The number of amides is 2. The van der Waals surface area contributed by atoms with Gasteiger partial charge in [0, 0.05) is 44.4 Å². The van der Waals surface area contributed by atoms with E-state index in [1.54, 1.807) is 19.0 Å². The predicted octanol–water partition coefficient (Wildman–Crippen LogP) is 1.05. The Bertz CT molecular complexity index is 676. The molecular formula is C18H26N4O3. The quantitative estimate of drug-likeness (QED) is 0.800. The van der Waals surface area contributed by atoms with Gasteiger partial charge in [0.2, 0.25) is 5.91 Å². The van der Waals surface area contributed by atoms with Crippen LogP contribution >= 0.6 is 0 Å². The molecule has 25 heavy (non-hydrogen) atoms. The van der Waals surface area contributed by atoms with Crippen molar-refractivity contribution in [2.45, 2.75) is 32.8 Å². The lowest BCUT2D eigenvalue weighted by Crippen LogP contribution is -2.52. The van der Waals surface area contributed by atoms with Crippen LogP contribution in [-0.4, -0.2) is 71.5 Å². The van der Waals surface area contributed by atoms with Gasteiger partial charge in [-0.1, -0.05) is 0 Å². The molecule has 0 spiro atoms. The van der Waals surface area contributed by atoms with Crippen LogP contribution in [0.1, 0.15) is 34.6 Å². The molecule has 3 atom stereocenters. The fourth-order valence-corrected chi connectivity index (χ4v) is 3.75. The third-order valence-corrected chi connectivity index (χ3v) is 5.38. The SMILES string of the molecule is Cc1ncnc(C(=O)N2CC[C@H]3OC[C@@H](C(=O)N(C)C)C[C@H]3C2)c1C. The van der Waals surface area contributed by atoms with E-state index in [4.69, 9.17) is 4.74 Å². The van der Waals surface area contributed by atoms with Crippen LogP contribution in [0.3, 0.4) is 0 Å². The number of nitrogens with zero attached hydrogens (tertiary/aromatic N) is 4. The van der Waals surface area contributed by atoms with E-state index in [0.29, 0.717) is 25.4 Å². The van der Waals surface area contributed by atoms with Crippen LogP contribution in [0, 0.1) is 25.7 Å². The fourth-order valence-electron chi connectivity index (χ4n) is 3.75. The first-order valence-corrected chi connectivity index (χ1v) is 8.78. The van der Waals surface area contributed by atoms with Gasteiger partial charge in [-0.15, -0.1) is 0 Å². The lowest BCUT2D eigenvalue weighted by atomic mass is 9.83. The van der Waals surface area contributed by atoms with Gasteiger partial charge < -0.3 is 14.5 Å². The number of hydrogen-bond acceptors (Lipinski definition) is 5. The molecule has 0 saturated carbocycles. The summed E-state index contributed by atoms with van der Waals surface area (Å²) in [4.78, 5) is 36.9. The van der Waals surface area contributed by atoms with Gasteiger partial charge in [0.05, 0.1) is 18.6 Å². The van der Waals surface area contributed by atoms with E-state index >= 15 is 0 Å². The summed E-state index contributed by atoms with van der Waals surface area (Å²) in [5, 5.41) is 0. The Kier molecular flexibility index (Phi) is 5.03. The Hall–Kier alpha value is -2.02. The van der Waals surface area contributed by atoms with Crippen molar-refractivity contribution < 1.29 is 14.3 Å². The number of aryl methyl sites for hydroxylation is 1. The number of piperidine rings is 1. The first-order valence-electron chi connectivity index (χ1n) is 8.78. The van der Waals surface area contributed by atoms with E-state index in [-0.39, 0.29) is 29.8 Å². The molecule has 7 heteroatoms. The largest absolute Gasteiger partial charge is 0.377 e. The van der Waals surface area contributed by atoms with Crippen molar-refractivity contribution in [3.8, 4) is 0 Å². The smallest absolute Gasteiger partial charge is 0.272 e. The molecule has 2 aliphatic rings. The summed E-state index contributed by atoms with van der Waals surface area (Å²) in [7, 11) is 3.54. The number of aromatic nitrogens is 2. The number of carbonyl (C=O) groups excluding carboxylic acids is 2. The monoisotopic (exact) mass is 346 g/mol. The lowest BCUT2D eigenvalue weighted by Gasteiger charge is -2.43. The van der Waals surface area contributed by atoms with Crippen molar-refractivity contribution in [2.75, 3.05) is 33.8 Å². The number of hydrogen-bond donors (Lipinski definition) is 0. The molecule has 0 radical (unpaired) electrons. The highest BCUT2D eigenvalue weighted by molar-refractivity contribution is 5.93. The van der Waals surface area contributed by atoms with Gasteiger partial charge in [0.1, 0.15) is 12.0 Å². The molecule has 2 amide bonds. The summed E-state index contributed by atoms with van der Waals surface area (Å²) in [6.45, 7) is 5.52. The Morgan fingerprint density at radius 1 is 1.28 bits per heavy atom. The summed E-state index contributed by atoms with van der Waals surface area (Å²) in [6, 6.07) is 0. The number of rotatable bonds is 2. The van der Waals surface area contributed by atoms with Crippen molar-refractivity contribution in [3.63, 3.8) is 0 Å². The molecule has 0 unspecified atom stereocenters. The van der Waals surface area contributed by atoms with Crippen molar-refractivity contribution >= 4 is 11.8 Å². The molecule has 1 aromatic rings. The highest BCUT2D eigenvalue weighted by Crippen LogP contribution is 2.32. The van der Waals surface area contributed by atoms with Gasteiger partial charge in [-0.05, 0) is 26.7 Å². The van der Waals surface area contributed by atoms with E-state index in [9.17, 15) is 9.59 Å². The van der Waals surface area contributed by atoms with Crippen LogP contribution in [0.5, 0.6) is 0 Å². The zero-order chi connectivity index (χ0) is 18.1. The summed E-state index contributed by atoms with van der Waals surface area (Å²) >= 11 is 0. The van der Waals surface area contributed by atoms with E-state index in [1.165, 1.54) is 6.33 Å². The summed E-state index contributed by atoms with van der Waals surface area (Å²) in [5.41, 5.74) is 2.13. The first kappa shape index (κ1) is 17.8. The Balaban J connectivity index is 1.71. The number of likely N-dealkylation sites (tertiary alicyclic amines) is 1. The van der Waals surface area contributed by atoms with Gasteiger partial charge in [0.15, 0.2) is 0 Å². The minimum Gasteiger partial charge on any atom is -0.377 e. The third kappa shape index (κ3) is 3.51. The second-order valence-corrected chi connectivity index (χ2v) is 7.27. The normalized spacial score (nSPS) is 26.1. The van der Waals surface area contributed by atoms with E-state index < -0.39 is 0 Å². The van der Waals surface area contributed by atoms with Crippen LogP contribution < -0.4 is 0 Å². The van der Waals surface area contributed by atoms with Crippen LogP contribution in [0.4, 0.5) is 0 Å². The van der Waals surface area contributed by atoms with Crippen LogP contribution in [0.2, 0.25) is 0 Å². The van der Waals surface area contributed by atoms with Crippen molar-refractivity contribution in [1.82, 2.24) is 19.8 Å². The molecule has 1 aromatic heterocycles. The fraction of sp³-hybridized carbons (Fsp3) is 0.667. The molecule has 2 aliphatic heterocycles. The van der Waals surface area contributed by atoms with E-state index in [0.717, 1.165) is 24.1 Å². The number of fused-ring (bicyclic) bond motifs is 1. The molecule has 7 nitrogen and oxygen atoms in total. The summed E-state index contributed by atoms with van der Waals surface area (Å²) in [5.74, 6) is 0.129. The van der Waals surface area contributed by atoms with Crippen LogP contribution in [0.25, 0.3) is 0 Å². The third-order valence-electron chi connectivity index (χ3n) is 5.38. The molecule has 136 valence electrons. The Labute approximate surface area is 148 Å². The zero-order valence-corrected chi connectivity index (χ0v) is 15.4. The van der Waals surface area contributed by atoms with Gasteiger partial charge in [-0.3, -0.25) is 9.59 Å². The number of ether oxygens (including phenoxy) is 1. The predicted molar refractivity (Wildman–Crippen MR) is 92.1 cm³/mol. The highest BCUT2D eigenvalue weighted by atomic mass is 16.5. The minimum absolute atomic E-state index is 0.0532. The molecule has 3 heterocycles. The van der Waals surface area contributed by atoms with Gasteiger partial charge >= 0.3 is 0 Å². The second-order valence-electron chi connectivity index (χ2n) is 7.27. The topological polar surface area (TPSA) is 75.6 Å². The Morgan fingerprint density at radius 3 is 2.76 bits per heavy atom. The molecule has 2 fully saturated rings. The summed E-state index contributed by atoms with van der Waals surface area (Å²) < 4.78 is 5.93. The molecule has 0 N–H and O–H groups in total. The Morgan fingerprint density at radius 2 is 2.04 bits per heavy atom. The first-order chi connectivity index (χ1) is 11.9. The van der Waals surface area contributed by atoms with Crippen LogP contribution in [-0.2, 0) is 9.53 Å². The molecule has 0 aliphatic carbocycles. The molecular weight excluding hydrogens is 320 g/mol. The maximum absolute atomic E-state index is 12.9. The van der Waals surface area contributed by atoms with Gasteiger partial charge in [-0.2, -0.15) is 0 Å². The number of carbonyl (C=O) groups is 2. The average molecular weight is 346 g/mol. The van der Waals surface area contributed by atoms with E-state index in [2.05, 4.69) is 9.97 Å². The van der Waals surface area contributed by atoms with Crippen LogP contribution in [0.15, 0.2) is 6.33 Å². The maximum Gasteiger partial charge on any atom is 0.272 e. The summed E-state index contributed by atoms with van der Waals surface area (Å²) in [6.07, 6.45) is 3.16. The molecule has 0 aromatic carbocycles. The van der Waals surface area contributed by atoms with E-state index in [1.807, 2.05) is 18.7 Å². The molecule has 3 rings (SSSR count). The average Bonchev–Trinajstić information content (AvgIpc) is 2.61. The van der Waals surface area contributed by atoms with Crippen molar-refractivity contribution in [2.24, 2.45) is 11.8 Å². The molecule has 2 saturated heterocycles. The minimum atomic E-state index is -0.116. The maximum atomic E-state index is 12.9. The van der Waals surface area contributed by atoms with Gasteiger partial charge in [0.25, 0.3) is 5.91 Å². The molecule has 0 bridgehead atoms. The van der Waals surface area contributed by atoms with Gasteiger partial charge in [-0.25, -0.2) is 9.97 Å². The highest BCUT2D eigenvalue weighted by Gasteiger charge is 2.40.